The lowest BCUT2D eigenvalue weighted by Gasteiger charge is -2.35. The molecule has 0 aromatic heterocycles. The molecule has 31 heavy (non-hydrogen) atoms. The zero-order valence-corrected chi connectivity index (χ0v) is 17.7. The molecular weight excluding hydrogens is 402 g/mol. The molecule has 0 spiro atoms. The first-order chi connectivity index (χ1) is 14.8. The molecule has 166 valence electrons. The number of halogens is 2. The van der Waals surface area contributed by atoms with E-state index in [1.54, 1.807) is 0 Å². The van der Waals surface area contributed by atoms with Crippen LogP contribution in [0.2, 0.25) is 0 Å². The number of amides is 1. The van der Waals surface area contributed by atoms with Gasteiger partial charge in [-0.05, 0) is 41.7 Å². The Kier molecular flexibility index (Phi) is 7.51. The van der Waals surface area contributed by atoms with Gasteiger partial charge in [-0.2, -0.15) is 0 Å². The summed E-state index contributed by atoms with van der Waals surface area (Å²) >= 11 is 0. The molecule has 7 heteroatoms. The highest BCUT2D eigenvalue weighted by Gasteiger charge is 2.36. The highest BCUT2D eigenvalue weighted by molar-refractivity contribution is 5.87. The summed E-state index contributed by atoms with van der Waals surface area (Å²) in [6.07, 6.45) is -0.107. The number of Topliss-reactive ketones (excluding diaryl/α,β-unsaturated/α-hetero) is 1. The number of carbonyl (C=O) groups excluding carboxylic acids is 2. The van der Waals surface area contributed by atoms with E-state index in [-0.39, 0.29) is 30.4 Å². The van der Waals surface area contributed by atoms with Gasteiger partial charge in [-0.3, -0.25) is 9.59 Å². The molecule has 2 aromatic carbocycles. The third-order valence-corrected chi connectivity index (χ3v) is 5.75. The third kappa shape index (κ3) is 5.95. The van der Waals surface area contributed by atoms with Crippen LogP contribution in [0.1, 0.15) is 42.9 Å². The monoisotopic (exact) mass is 430 g/mol. The fourth-order valence-corrected chi connectivity index (χ4v) is 4.17. The number of nitrogens with one attached hydrogen (secondary N) is 2. The van der Waals surface area contributed by atoms with Crippen LogP contribution in [0.3, 0.4) is 0 Å². The summed E-state index contributed by atoms with van der Waals surface area (Å²) in [5.41, 5.74) is 2.41. The van der Waals surface area contributed by atoms with Crippen molar-refractivity contribution in [1.29, 1.82) is 0 Å². The Hall–Kier alpha value is -2.64. The number of aryl methyl sites for hydroxylation is 1. The SMILES string of the molecule is CCc1cccc(C2CNC(C(O)C(Cc3cc(F)cc(F)c3)NC(C)=O)CC2=O)c1. The molecule has 1 saturated heterocycles. The summed E-state index contributed by atoms with van der Waals surface area (Å²) < 4.78 is 27.1. The second-order valence-corrected chi connectivity index (χ2v) is 8.12. The average Bonchev–Trinajstić information content (AvgIpc) is 2.71. The first-order valence-electron chi connectivity index (χ1n) is 10.5. The number of carbonyl (C=O) groups is 2. The fourth-order valence-electron chi connectivity index (χ4n) is 4.17. The van der Waals surface area contributed by atoms with Crippen molar-refractivity contribution in [2.75, 3.05) is 6.54 Å². The first-order valence-corrected chi connectivity index (χ1v) is 10.5. The molecule has 1 fully saturated rings. The topological polar surface area (TPSA) is 78.4 Å². The average molecular weight is 430 g/mol. The summed E-state index contributed by atoms with van der Waals surface area (Å²) in [5.74, 6) is -2.12. The van der Waals surface area contributed by atoms with Crippen LogP contribution in [0.5, 0.6) is 0 Å². The van der Waals surface area contributed by atoms with E-state index in [2.05, 4.69) is 17.6 Å². The van der Waals surface area contributed by atoms with E-state index in [1.807, 2.05) is 24.3 Å². The highest BCUT2D eigenvalue weighted by Crippen LogP contribution is 2.25. The Morgan fingerprint density at radius 3 is 2.52 bits per heavy atom. The minimum absolute atomic E-state index is 0.00873. The zero-order chi connectivity index (χ0) is 22.5. The van der Waals surface area contributed by atoms with Crippen LogP contribution in [-0.2, 0) is 22.4 Å². The molecule has 1 aliphatic rings. The lowest BCUT2D eigenvalue weighted by Crippen LogP contribution is -2.57. The highest BCUT2D eigenvalue weighted by atomic mass is 19.1. The Morgan fingerprint density at radius 1 is 1.19 bits per heavy atom. The van der Waals surface area contributed by atoms with E-state index in [4.69, 9.17) is 0 Å². The van der Waals surface area contributed by atoms with Crippen LogP contribution in [0.25, 0.3) is 0 Å². The van der Waals surface area contributed by atoms with Crippen LogP contribution in [0, 0.1) is 11.6 Å². The standard InChI is InChI=1S/C24H28F2N2O3/c1-3-15-5-4-6-17(7-15)20-13-27-21(12-23(20)30)24(31)22(28-14(2)29)10-16-8-18(25)11-19(26)9-16/h4-9,11,20-22,24,27,31H,3,10,12-13H2,1-2H3,(H,28,29). The smallest absolute Gasteiger partial charge is 0.217 e. The van der Waals surface area contributed by atoms with Gasteiger partial charge < -0.3 is 15.7 Å². The minimum Gasteiger partial charge on any atom is -0.389 e. The van der Waals surface area contributed by atoms with Crippen molar-refractivity contribution >= 4 is 11.7 Å². The van der Waals surface area contributed by atoms with E-state index < -0.39 is 29.8 Å². The van der Waals surface area contributed by atoms with Gasteiger partial charge in [0.2, 0.25) is 5.91 Å². The molecule has 0 aliphatic carbocycles. The molecule has 0 radical (unpaired) electrons. The van der Waals surface area contributed by atoms with Crippen LogP contribution in [0.4, 0.5) is 8.78 Å². The van der Waals surface area contributed by atoms with Crippen LogP contribution < -0.4 is 10.6 Å². The van der Waals surface area contributed by atoms with Gasteiger partial charge in [-0.1, -0.05) is 31.2 Å². The van der Waals surface area contributed by atoms with Gasteiger partial charge in [0.15, 0.2) is 0 Å². The number of hydrogen-bond donors (Lipinski definition) is 3. The van der Waals surface area contributed by atoms with Crippen molar-refractivity contribution in [3.63, 3.8) is 0 Å². The second-order valence-electron chi connectivity index (χ2n) is 8.12. The van der Waals surface area contributed by atoms with Crippen LogP contribution >= 0.6 is 0 Å². The molecule has 4 atom stereocenters. The number of piperidine rings is 1. The quantitative estimate of drug-likeness (QED) is 0.631. The molecule has 0 saturated carbocycles. The predicted octanol–water partition coefficient (Wildman–Crippen LogP) is 2.65. The summed E-state index contributed by atoms with van der Waals surface area (Å²) in [5, 5.41) is 16.8. The van der Waals surface area contributed by atoms with Crippen molar-refractivity contribution in [1.82, 2.24) is 10.6 Å². The summed E-state index contributed by atoms with van der Waals surface area (Å²) in [6, 6.07) is 9.64. The Labute approximate surface area is 180 Å². The number of aliphatic hydroxyl groups is 1. The number of ketones is 1. The number of benzene rings is 2. The molecule has 2 aromatic rings. The lowest BCUT2D eigenvalue weighted by atomic mass is 9.83. The molecule has 0 bridgehead atoms. The second kappa shape index (κ2) is 10.1. The Morgan fingerprint density at radius 2 is 1.90 bits per heavy atom. The molecule has 1 aliphatic heterocycles. The van der Waals surface area contributed by atoms with Crippen LogP contribution in [-0.4, -0.2) is 41.5 Å². The van der Waals surface area contributed by atoms with E-state index in [0.29, 0.717) is 12.1 Å². The molecule has 1 amide bonds. The van der Waals surface area contributed by atoms with E-state index in [0.717, 1.165) is 23.6 Å². The van der Waals surface area contributed by atoms with Gasteiger partial charge in [0.05, 0.1) is 18.1 Å². The third-order valence-electron chi connectivity index (χ3n) is 5.75. The largest absolute Gasteiger partial charge is 0.389 e. The molecule has 1 heterocycles. The number of hydrogen-bond acceptors (Lipinski definition) is 4. The van der Waals surface area contributed by atoms with Crippen LogP contribution in [0.15, 0.2) is 42.5 Å². The van der Waals surface area contributed by atoms with E-state index in [9.17, 15) is 23.5 Å². The molecule has 4 unspecified atom stereocenters. The van der Waals surface area contributed by atoms with Gasteiger partial charge in [0, 0.05) is 32.0 Å². The first kappa shape index (κ1) is 23.0. The number of aliphatic hydroxyl groups excluding tert-OH is 1. The van der Waals surface area contributed by atoms with Gasteiger partial charge in [0.1, 0.15) is 17.4 Å². The van der Waals surface area contributed by atoms with Gasteiger partial charge >= 0.3 is 0 Å². The maximum absolute atomic E-state index is 13.6. The van der Waals surface area contributed by atoms with Gasteiger partial charge in [-0.25, -0.2) is 8.78 Å². The fraction of sp³-hybridized carbons (Fsp3) is 0.417. The summed E-state index contributed by atoms with van der Waals surface area (Å²) in [7, 11) is 0. The Balaban J connectivity index is 1.72. The summed E-state index contributed by atoms with van der Waals surface area (Å²) in [4.78, 5) is 24.5. The molecule has 3 N–H and O–H groups in total. The van der Waals surface area contributed by atoms with Crippen molar-refractivity contribution < 1.29 is 23.5 Å². The van der Waals surface area contributed by atoms with E-state index >= 15 is 0 Å². The van der Waals surface area contributed by atoms with Gasteiger partial charge in [0.25, 0.3) is 0 Å². The maximum atomic E-state index is 13.6. The molecule has 5 nitrogen and oxygen atoms in total. The predicted molar refractivity (Wildman–Crippen MR) is 114 cm³/mol. The van der Waals surface area contributed by atoms with Crippen molar-refractivity contribution in [3.8, 4) is 0 Å². The normalized spacial score (nSPS) is 20.9. The minimum atomic E-state index is -1.11. The van der Waals surface area contributed by atoms with Crippen molar-refractivity contribution in [3.05, 3.63) is 70.8 Å². The molecule has 3 rings (SSSR count). The summed E-state index contributed by atoms with van der Waals surface area (Å²) in [6.45, 7) is 3.73. The lowest BCUT2D eigenvalue weighted by molar-refractivity contribution is -0.123. The Bertz CT molecular complexity index is 930. The maximum Gasteiger partial charge on any atom is 0.217 e. The van der Waals surface area contributed by atoms with Crippen molar-refractivity contribution in [2.45, 2.75) is 57.2 Å². The molecular formula is C24H28F2N2O3. The number of rotatable bonds is 7. The zero-order valence-electron chi connectivity index (χ0n) is 17.7. The van der Waals surface area contributed by atoms with Gasteiger partial charge in [-0.15, -0.1) is 0 Å². The van der Waals surface area contributed by atoms with Crippen molar-refractivity contribution in [2.24, 2.45) is 0 Å². The van der Waals surface area contributed by atoms with E-state index in [1.165, 1.54) is 19.1 Å².